The van der Waals surface area contributed by atoms with E-state index in [0.717, 1.165) is 29.7 Å². The van der Waals surface area contributed by atoms with Crippen molar-refractivity contribution in [1.82, 2.24) is 10.6 Å². The van der Waals surface area contributed by atoms with Gasteiger partial charge in [0.15, 0.2) is 0 Å². The van der Waals surface area contributed by atoms with Gasteiger partial charge < -0.3 is 20.5 Å². The van der Waals surface area contributed by atoms with Gasteiger partial charge in [-0.05, 0) is 59.3 Å². The second-order valence-corrected chi connectivity index (χ2v) is 6.56. The van der Waals surface area contributed by atoms with Crippen molar-refractivity contribution in [1.29, 1.82) is 0 Å². The second kappa shape index (κ2) is 7.68. The maximum absolute atomic E-state index is 12.1. The zero-order valence-electron chi connectivity index (χ0n) is 13.6. The fourth-order valence-corrected chi connectivity index (χ4v) is 3.75. The molecule has 0 bridgehead atoms. The van der Waals surface area contributed by atoms with Crippen molar-refractivity contribution in [2.45, 2.75) is 31.9 Å². The molecule has 0 unspecified atom stereocenters. The summed E-state index contributed by atoms with van der Waals surface area (Å²) in [5.41, 5.74) is 3.13. The van der Waals surface area contributed by atoms with E-state index in [0.29, 0.717) is 6.61 Å². The highest BCUT2D eigenvalue weighted by Crippen LogP contribution is 2.36. The van der Waals surface area contributed by atoms with Gasteiger partial charge in [-0.2, -0.15) is 11.3 Å². The Bertz CT molecular complexity index is 688. The van der Waals surface area contributed by atoms with Crippen LogP contribution in [0.3, 0.4) is 0 Å². The first-order valence-corrected chi connectivity index (χ1v) is 9.12. The minimum atomic E-state index is -0.678. The average Bonchev–Trinajstić information content (AvgIpc) is 3.24. The lowest BCUT2D eigenvalue weighted by Gasteiger charge is -2.17. The topological polar surface area (TPSA) is 70.6 Å². The minimum Gasteiger partial charge on any atom is -0.494 e. The highest BCUT2D eigenvalue weighted by atomic mass is 32.1. The third-order valence-corrected chi connectivity index (χ3v) is 4.92. The number of carbonyl (C=O) groups is 1. The van der Waals surface area contributed by atoms with Crippen LogP contribution in [0.2, 0.25) is 0 Å². The third-order valence-electron chi connectivity index (χ3n) is 4.22. The molecule has 1 heterocycles. The fourth-order valence-electron chi connectivity index (χ4n) is 3.04. The van der Waals surface area contributed by atoms with E-state index in [1.807, 2.05) is 41.9 Å². The van der Waals surface area contributed by atoms with Crippen molar-refractivity contribution in [2.75, 3.05) is 13.2 Å². The number of aliphatic hydroxyl groups excluding tert-OH is 1. The molecule has 5 nitrogen and oxygen atoms in total. The van der Waals surface area contributed by atoms with Crippen molar-refractivity contribution in [3.05, 3.63) is 51.7 Å². The van der Waals surface area contributed by atoms with E-state index in [4.69, 9.17) is 4.74 Å². The highest BCUT2D eigenvalue weighted by Gasteiger charge is 2.26. The number of urea groups is 1. The SMILES string of the molecule is CCOc1cccc2c1CC[C@@H]2NC(=O)NC[C@@H](O)c1ccsc1. The second-order valence-electron chi connectivity index (χ2n) is 5.78. The van der Waals surface area contributed by atoms with Gasteiger partial charge in [0.25, 0.3) is 0 Å². The zero-order valence-corrected chi connectivity index (χ0v) is 14.4. The predicted octanol–water partition coefficient (Wildman–Crippen LogP) is 3.17. The molecule has 2 amide bonds. The average molecular weight is 346 g/mol. The van der Waals surface area contributed by atoms with Crippen LogP contribution < -0.4 is 15.4 Å². The van der Waals surface area contributed by atoms with Gasteiger partial charge >= 0.3 is 6.03 Å². The van der Waals surface area contributed by atoms with E-state index in [9.17, 15) is 9.90 Å². The third kappa shape index (κ3) is 3.71. The smallest absolute Gasteiger partial charge is 0.315 e. The number of ether oxygens (including phenoxy) is 1. The first kappa shape index (κ1) is 16.8. The molecule has 1 aliphatic rings. The number of carbonyl (C=O) groups excluding carboxylic acids is 1. The molecule has 0 aliphatic heterocycles. The molecule has 0 saturated heterocycles. The van der Waals surface area contributed by atoms with Crippen LogP contribution in [0.1, 0.15) is 42.2 Å². The van der Waals surface area contributed by atoms with E-state index < -0.39 is 6.10 Å². The molecule has 2 aromatic rings. The quantitative estimate of drug-likeness (QED) is 0.752. The summed E-state index contributed by atoms with van der Waals surface area (Å²) in [7, 11) is 0. The van der Waals surface area contributed by atoms with Crippen molar-refractivity contribution in [3.63, 3.8) is 0 Å². The Labute approximate surface area is 145 Å². The molecular weight excluding hydrogens is 324 g/mol. The van der Waals surface area contributed by atoms with E-state index in [-0.39, 0.29) is 18.6 Å². The van der Waals surface area contributed by atoms with E-state index >= 15 is 0 Å². The Morgan fingerprint density at radius 1 is 1.46 bits per heavy atom. The van der Waals surface area contributed by atoms with Crippen LogP contribution in [0.25, 0.3) is 0 Å². The standard InChI is InChI=1S/C18H22N2O3S/c1-2-23-17-5-3-4-13-14(17)6-7-15(13)20-18(22)19-10-16(21)12-8-9-24-11-12/h3-5,8-9,11,15-16,21H,2,6-7,10H2,1H3,(H2,19,20,22)/t15-,16+/m0/s1. The van der Waals surface area contributed by atoms with Crippen molar-refractivity contribution in [3.8, 4) is 5.75 Å². The summed E-state index contributed by atoms with van der Waals surface area (Å²) in [6.45, 7) is 2.80. The fraction of sp³-hybridized carbons (Fsp3) is 0.389. The molecule has 1 aromatic heterocycles. The van der Waals surface area contributed by atoms with Crippen LogP contribution in [-0.2, 0) is 6.42 Å². The Morgan fingerprint density at radius 2 is 2.33 bits per heavy atom. The number of fused-ring (bicyclic) bond motifs is 1. The van der Waals surface area contributed by atoms with E-state index in [2.05, 4.69) is 10.6 Å². The van der Waals surface area contributed by atoms with Crippen LogP contribution in [-0.4, -0.2) is 24.3 Å². The normalized spacial score (nSPS) is 17.2. The molecule has 24 heavy (non-hydrogen) atoms. The molecule has 128 valence electrons. The first-order chi connectivity index (χ1) is 11.7. The molecule has 1 aromatic carbocycles. The van der Waals surface area contributed by atoms with Crippen molar-refractivity contribution < 1.29 is 14.6 Å². The van der Waals surface area contributed by atoms with Gasteiger partial charge in [-0.25, -0.2) is 4.79 Å². The largest absolute Gasteiger partial charge is 0.494 e. The molecule has 0 saturated carbocycles. The first-order valence-electron chi connectivity index (χ1n) is 8.18. The van der Waals surface area contributed by atoms with Gasteiger partial charge in [0, 0.05) is 6.54 Å². The summed E-state index contributed by atoms with van der Waals surface area (Å²) in [5.74, 6) is 0.910. The van der Waals surface area contributed by atoms with Crippen LogP contribution in [0, 0.1) is 0 Å². The zero-order chi connectivity index (χ0) is 16.9. The number of rotatable bonds is 6. The van der Waals surface area contributed by atoms with Gasteiger partial charge in [0.2, 0.25) is 0 Å². The molecule has 0 spiro atoms. The number of nitrogens with one attached hydrogen (secondary N) is 2. The summed E-state index contributed by atoms with van der Waals surface area (Å²) in [4.78, 5) is 12.1. The molecule has 0 radical (unpaired) electrons. The predicted molar refractivity (Wildman–Crippen MR) is 94.5 cm³/mol. The number of benzene rings is 1. The number of aliphatic hydroxyl groups is 1. The number of hydrogen-bond donors (Lipinski definition) is 3. The number of amides is 2. The Hall–Kier alpha value is -2.05. The van der Waals surface area contributed by atoms with Crippen LogP contribution in [0.5, 0.6) is 5.75 Å². The summed E-state index contributed by atoms with van der Waals surface area (Å²) >= 11 is 1.53. The van der Waals surface area contributed by atoms with Crippen molar-refractivity contribution in [2.24, 2.45) is 0 Å². The van der Waals surface area contributed by atoms with Gasteiger partial charge in [0.1, 0.15) is 5.75 Å². The van der Waals surface area contributed by atoms with Crippen LogP contribution in [0.4, 0.5) is 4.79 Å². The number of hydrogen-bond acceptors (Lipinski definition) is 4. The van der Waals surface area contributed by atoms with Gasteiger partial charge in [-0.15, -0.1) is 0 Å². The van der Waals surface area contributed by atoms with Gasteiger partial charge in [-0.1, -0.05) is 12.1 Å². The highest BCUT2D eigenvalue weighted by molar-refractivity contribution is 7.07. The number of thiophene rings is 1. The molecule has 1 aliphatic carbocycles. The van der Waals surface area contributed by atoms with Crippen LogP contribution >= 0.6 is 11.3 Å². The van der Waals surface area contributed by atoms with Gasteiger partial charge in [0.05, 0.1) is 18.8 Å². The molecule has 3 N–H and O–H groups in total. The lowest BCUT2D eigenvalue weighted by Crippen LogP contribution is -2.39. The Morgan fingerprint density at radius 3 is 3.08 bits per heavy atom. The molecular formula is C18H22N2O3S. The Kier molecular flexibility index (Phi) is 5.37. The molecule has 0 fully saturated rings. The summed E-state index contributed by atoms with van der Waals surface area (Å²) in [6.07, 6.45) is 1.08. The summed E-state index contributed by atoms with van der Waals surface area (Å²) < 4.78 is 5.66. The van der Waals surface area contributed by atoms with E-state index in [1.54, 1.807) is 0 Å². The maximum atomic E-state index is 12.1. The Balaban J connectivity index is 1.56. The summed E-state index contributed by atoms with van der Waals surface area (Å²) in [6, 6.07) is 7.56. The lowest BCUT2D eigenvalue weighted by atomic mass is 10.1. The summed E-state index contributed by atoms with van der Waals surface area (Å²) in [5, 5.41) is 19.5. The minimum absolute atomic E-state index is 0.0151. The molecule has 3 rings (SSSR count). The monoisotopic (exact) mass is 346 g/mol. The lowest BCUT2D eigenvalue weighted by molar-refractivity contribution is 0.173. The molecule has 2 atom stereocenters. The van der Waals surface area contributed by atoms with E-state index in [1.165, 1.54) is 16.9 Å². The van der Waals surface area contributed by atoms with Crippen LogP contribution in [0.15, 0.2) is 35.0 Å². The van der Waals surface area contributed by atoms with Gasteiger partial charge in [-0.3, -0.25) is 0 Å². The molecule has 6 heteroatoms. The maximum Gasteiger partial charge on any atom is 0.315 e. The van der Waals surface area contributed by atoms with Crippen molar-refractivity contribution >= 4 is 17.4 Å².